The van der Waals surface area contributed by atoms with E-state index in [0.29, 0.717) is 0 Å². The Bertz CT molecular complexity index is 200. The minimum atomic E-state index is 0.746. The minimum Gasteiger partial charge on any atom is -0.0888 e. The lowest BCUT2D eigenvalue weighted by atomic mass is 9.85. The average molecular weight is 273 g/mol. The molecule has 0 aliphatic heterocycles. The molecule has 2 saturated carbocycles. The molecule has 0 spiro atoms. The van der Waals surface area contributed by atoms with Crippen LogP contribution < -0.4 is 0 Å². The molecule has 1 heteroatoms. The highest BCUT2D eigenvalue weighted by molar-refractivity contribution is 9.09. The van der Waals surface area contributed by atoms with Crippen molar-refractivity contribution in [2.24, 2.45) is 23.7 Å². The fourth-order valence-corrected chi connectivity index (χ4v) is 3.96. The van der Waals surface area contributed by atoms with Gasteiger partial charge in [-0.15, -0.1) is 0 Å². The number of fused-ring (bicyclic) bond motifs is 2. The quantitative estimate of drug-likeness (QED) is 0.617. The van der Waals surface area contributed by atoms with E-state index in [1.807, 2.05) is 0 Å². The predicted molar refractivity (Wildman–Crippen MR) is 70.3 cm³/mol. The zero-order valence-electron chi connectivity index (χ0n) is 10.2. The Morgan fingerprint density at radius 2 is 2.00 bits per heavy atom. The molecule has 0 nitrogen and oxygen atoms in total. The Morgan fingerprint density at radius 1 is 1.20 bits per heavy atom. The van der Waals surface area contributed by atoms with Crippen molar-refractivity contribution in [3.05, 3.63) is 0 Å². The summed E-state index contributed by atoms with van der Waals surface area (Å²) < 4.78 is 0. The molecule has 0 saturated heterocycles. The van der Waals surface area contributed by atoms with Crippen LogP contribution in [0.3, 0.4) is 0 Å². The predicted octanol–water partition coefficient (Wildman–Crippen LogP) is 5.01. The molecule has 0 amide bonds. The molecule has 0 aromatic carbocycles. The number of alkyl halides is 1. The molecule has 0 N–H and O–H groups in total. The molecule has 15 heavy (non-hydrogen) atoms. The van der Waals surface area contributed by atoms with Crippen molar-refractivity contribution in [2.45, 2.75) is 63.6 Å². The summed E-state index contributed by atoms with van der Waals surface area (Å²) in [6, 6.07) is 0. The van der Waals surface area contributed by atoms with Crippen molar-refractivity contribution < 1.29 is 0 Å². The number of hydrogen-bond acceptors (Lipinski definition) is 0. The summed E-state index contributed by atoms with van der Waals surface area (Å²) in [4.78, 5) is 0.746. The third-order valence-corrected chi connectivity index (χ3v) is 6.18. The van der Waals surface area contributed by atoms with Gasteiger partial charge in [0, 0.05) is 4.83 Å². The first-order chi connectivity index (χ1) is 7.16. The summed E-state index contributed by atoms with van der Waals surface area (Å²) in [5.41, 5.74) is 0. The SMILES string of the molecule is CC(C)C(Br)CCCC1CC2CCC1C2. The van der Waals surface area contributed by atoms with E-state index in [9.17, 15) is 0 Å². The molecule has 2 bridgehead atoms. The molecule has 0 heterocycles. The summed E-state index contributed by atoms with van der Waals surface area (Å²) in [5.74, 6) is 4.16. The second-order valence-electron chi connectivity index (χ2n) is 6.13. The lowest BCUT2D eigenvalue weighted by Gasteiger charge is -2.22. The van der Waals surface area contributed by atoms with Gasteiger partial charge in [0.25, 0.3) is 0 Å². The van der Waals surface area contributed by atoms with Gasteiger partial charge < -0.3 is 0 Å². The highest BCUT2D eigenvalue weighted by Gasteiger charge is 2.38. The van der Waals surface area contributed by atoms with Crippen LogP contribution in [0, 0.1) is 23.7 Å². The largest absolute Gasteiger partial charge is 0.0888 e. The van der Waals surface area contributed by atoms with Gasteiger partial charge in [-0.3, -0.25) is 0 Å². The molecular formula is C14H25Br. The number of halogens is 1. The van der Waals surface area contributed by atoms with E-state index in [0.717, 1.165) is 28.5 Å². The summed E-state index contributed by atoms with van der Waals surface area (Å²) in [7, 11) is 0. The molecule has 2 fully saturated rings. The fraction of sp³-hybridized carbons (Fsp3) is 1.00. The van der Waals surface area contributed by atoms with Crippen molar-refractivity contribution >= 4 is 15.9 Å². The second kappa shape index (κ2) is 5.21. The van der Waals surface area contributed by atoms with Crippen molar-refractivity contribution in [1.82, 2.24) is 0 Å². The molecule has 2 rings (SSSR count). The Kier molecular flexibility index (Phi) is 4.15. The van der Waals surface area contributed by atoms with Gasteiger partial charge in [0.1, 0.15) is 0 Å². The van der Waals surface area contributed by atoms with Crippen LogP contribution in [-0.2, 0) is 0 Å². The first kappa shape index (κ1) is 12.0. The maximum absolute atomic E-state index is 3.79. The van der Waals surface area contributed by atoms with E-state index in [4.69, 9.17) is 0 Å². The van der Waals surface area contributed by atoms with Crippen molar-refractivity contribution in [2.75, 3.05) is 0 Å². The molecule has 4 unspecified atom stereocenters. The lowest BCUT2D eigenvalue weighted by molar-refractivity contribution is 0.304. The Hall–Kier alpha value is 0.480. The van der Waals surface area contributed by atoms with E-state index < -0.39 is 0 Å². The molecule has 0 aromatic heterocycles. The zero-order valence-corrected chi connectivity index (χ0v) is 11.8. The summed E-state index contributed by atoms with van der Waals surface area (Å²) in [6.45, 7) is 4.63. The van der Waals surface area contributed by atoms with Crippen molar-refractivity contribution in [1.29, 1.82) is 0 Å². The van der Waals surface area contributed by atoms with Gasteiger partial charge >= 0.3 is 0 Å². The maximum Gasteiger partial charge on any atom is 0.0168 e. The van der Waals surface area contributed by atoms with Gasteiger partial charge in [-0.1, -0.05) is 49.0 Å². The topological polar surface area (TPSA) is 0 Å². The molecule has 88 valence electrons. The van der Waals surface area contributed by atoms with Gasteiger partial charge in [0.05, 0.1) is 0 Å². The van der Waals surface area contributed by atoms with Gasteiger partial charge in [-0.25, -0.2) is 0 Å². The summed E-state index contributed by atoms with van der Waals surface area (Å²) >= 11 is 3.79. The first-order valence-electron chi connectivity index (χ1n) is 6.81. The molecule has 2 aliphatic carbocycles. The molecule has 4 atom stereocenters. The standard InChI is InChI=1S/C14H25Br/c1-10(2)14(15)5-3-4-12-8-11-6-7-13(12)9-11/h10-14H,3-9H2,1-2H3. The van der Waals surface area contributed by atoms with Crippen LogP contribution in [-0.4, -0.2) is 4.83 Å². The molecule has 2 aliphatic rings. The van der Waals surface area contributed by atoms with Gasteiger partial charge in [0.15, 0.2) is 0 Å². The highest BCUT2D eigenvalue weighted by atomic mass is 79.9. The van der Waals surface area contributed by atoms with E-state index in [-0.39, 0.29) is 0 Å². The van der Waals surface area contributed by atoms with Crippen LogP contribution >= 0.6 is 15.9 Å². The molecular weight excluding hydrogens is 248 g/mol. The average Bonchev–Trinajstić information content (AvgIpc) is 2.78. The molecule has 0 radical (unpaired) electrons. The Balaban J connectivity index is 1.62. The van der Waals surface area contributed by atoms with Crippen LogP contribution in [0.4, 0.5) is 0 Å². The van der Waals surface area contributed by atoms with Crippen LogP contribution in [0.1, 0.15) is 58.8 Å². The van der Waals surface area contributed by atoms with E-state index in [1.54, 1.807) is 25.7 Å². The molecule has 0 aromatic rings. The highest BCUT2D eigenvalue weighted by Crippen LogP contribution is 2.50. The van der Waals surface area contributed by atoms with Crippen LogP contribution in [0.15, 0.2) is 0 Å². The number of rotatable bonds is 5. The van der Waals surface area contributed by atoms with Crippen LogP contribution in [0.25, 0.3) is 0 Å². The minimum absolute atomic E-state index is 0.746. The van der Waals surface area contributed by atoms with Gasteiger partial charge in [-0.2, -0.15) is 0 Å². The maximum atomic E-state index is 3.79. The first-order valence-corrected chi connectivity index (χ1v) is 7.72. The van der Waals surface area contributed by atoms with E-state index >= 15 is 0 Å². The van der Waals surface area contributed by atoms with Crippen LogP contribution in [0.5, 0.6) is 0 Å². The van der Waals surface area contributed by atoms with Crippen LogP contribution in [0.2, 0.25) is 0 Å². The number of hydrogen-bond donors (Lipinski definition) is 0. The fourth-order valence-electron chi connectivity index (χ4n) is 3.64. The van der Waals surface area contributed by atoms with Crippen molar-refractivity contribution in [3.63, 3.8) is 0 Å². The normalized spacial score (nSPS) is 36.4. The third kappa shape index (κ3) is 2.99. The Labute approximate surface area is 103 Å². The van der Waals surface area contributed by atoms with Gasteiger partial charge in [0.2, 0.25) is 0 Å². The van der Waals surface area contributed by atoms with Crippen molar-refractivity contribution in [3.8, 4) is 0 Å². The van der Waals surface area contributed by atoms with E-state index in [2.05, 4.69) is 29.8 Å². The summed E-state index contributed by atoms with van der Waals surface area (Å²) in [5, 5.41) is 0. The Morgan fingerprint density at radius 3 is 2.53 bits per heavy atom. The monoisotopic (exact) mass is 272 g/mol. The second-order valence-corrected chi connectivity index (χ2v) is 7.30. The third-order valence-electron chi connectivity index (χ3n) is 4.66. The smallest absolute Gasteiger partial charge is 0.0168 e. The lowest BCUT2D eigenvalue weighted by Crippen LogP contribution is -2.12. The van der Waals surface area contributed by atoms with Gasteiger partial charge in [-0.05, 0) is 49.4 Å². The summed E-state index contributed by atoms with van der Waals surface area (Å²) in [6.07, 6.45) is 10.6. The zero-order chi connectivity index (χ0) is 10.8. The van der Waals surface area contributed by atoms with E-state index in [1.165, 1.54) is 19.3 Å².